The van der Waals surface area contributed by atoms with E-state index in [1.165, 1.54) is 16.2 Å². The normalized spacial score (nSPS) is 18.0. The fourth-order valence-electron chi connectivity index (χ4n) is 4.04. The number of hydrazone groups is 1. The Balaban J connectivity index is 2.07. The second-order valence-corrected chi connectivity index (χ2v) is 10.7. The lowest BCUT2D eigenvalue weighted by Gasteiger charge is -2.24. The van der Waals surface area contributed by atoms with Crippen LogP contribution >= 0.6 is 11.6 Å². The Kier molecular flexibility index (Phi) is 9.66. The highest BCUT2D eigenvalue weighted by molar-refractivity contribution is 7.87. The van der Waals surface area contributed by atoms with Gasteiger partial charge in [0.1, 0.15) is 0 Å². The van der Waals surface area contributed by atoms with Crippen molar-refractivity contribution in [2.24, 2.45) is 21.7 Å². The highest BCUT2D eigenvalue weighted by atomic mass is 35.5. The largest absolute Gasteiger partial charge is 0.393 e. The van der Waals surface area contributed by atoms with Crippen molar-refractivity contribution in [3.63, 3.8) is 0 Å². The van der Waals surface area contributed by atoms with Crippen molar-refractivity contribution in [2.75, 3.05) is 26.2 Å². The number of primary amides is 1. The summed E-state index contributed by atoms with van der Waals surface area (Å²) in [5.41, 5.74) is 7.96. The molecule has 0 spiro atoms. The number of hydrogen-bond acceptors (Lipinski definition) is 6. The zero-order chi connectivity index (χ0) is 27.2. The molecule has 12 heteroatoms. The van der Waals surface area contributed by atoms with E-state index >= 15 is 0 Å². The zero-order valence-corrected chi connectivity index (χ0v) is 22.7. The molecule has 0 aromatic heterocycles. The molecule has 0 radical (unpaired) electrons. The molecular weight excluding hydrogens is 516 g/mol. The van der Waals surface area contributed by atoms with E-state index in [9.17, 15) is 18.3 Å². The van der Waals surface area contributed by atoms with E-state index in [4.69, 9.17) is 22.4 Å². The third-order valence-corrected chi connectivity index (χ3v) is 8.04. The van der Waals surface area contributed by atoms with Crippen molar-refractivity contribution in [3.8, 4) is 0 Å². The first-order valence-corrected chi connectivity index (χ1v) is 13.9. The lowest BCUT2D eigenvalue weighted by Crippen LogP contribution is -2.48. The number of rotatable bonds is 10. The van der Waals surface area contributed by atoms with Gasteiger partial charge in [-0.05, 0) is 30.2 Å². The van der Waals surface area contributed by atoms with Gasteiger partial charge in [0.2, 0.25) is 11.9 Å². The first-order valence-electron chi connectivity index (χ1n) is 12.0. The molecule has 0 bridgehead atoms. The van der Waals surface area contributed by atoms with Gasteiger partial charge in [-0.15, -0.1) is 0 Å². The van der Waals surface area contributed by atoms with Gasteiger partial charge >= 0.3 is 10.2 Å². The third kappa shape index (κ3) is 7.07. The van der Waals surface area contributed by atoms with Crippen LogP contribution in [0.15, 0.2) is 64.7 Å². The number of nitrogens with zero attached hydrogens (tertiary/aromatic N) is 4. The van der Waals surface area contributed by atoms with Crippen molar-refractivity contribution >= 4 is 39.4 Å². The lowest BCUT2D eigenvalue weighted by molar-refractivity contribution is -0.124. The summed E-state index contributed by atoms with van der Waals surface area (Å²) in [5, 5.41) is 16.8. The minimum Gasteiger partial charge on any atom is -0.393 e. The maximum atomic E-state index is 13.1. The topological polar surface area (TPSA) is 141 Å². The molecule has 2 aromatic rings. The summed E-state index contributed by atoms with van der Waals surface area (Å²) in [6.07, 6.45) is -1.06. The van der Waals surface area contributed by atoms with Crippen LogP contribution < -0.4 is 10.5 Å². The van der Waals surface area contributed by atoms with Crippen LogP contribution in [-0.4, -0.2) is 72.7 Å². The summed E-state index contributed by atoms with van der Waals surface area (Å²) in [5.74, 6) is -2.00. The molecule has 4 N–H and O–H groups in total. The van der Waals surface area contributed by atoms with E-state index in [0.717, 1.165) is 11.1 Å². The Labute approximate surface area is 223 Å². The van der Waals surface area contributed by atoms with Crippen LogP contribution in [-0.2, 0) is 15.0 Å². The maximum Gasteiger partial charge on any atom is 0.303 e. The number of aliphatic hydroxyl groups is 1. The van der Waals surface area contributed by atoms with E-state index in [2.05, 4.69) is 9.71 Å². The van der Waals surface area contributed by atoms with Crippen molar-refractivity contribution in [3.05, 3.63) is 70.7 Å². The molecule has 37 heavy (non-hydrogen) atoms. The van der Waals surface area contributed by atoms with Gasteiger partial charge in [-0.2, -0.15) is 17.8 Å². The molecule has 1 heterocycles. The Morgan fingerprint density at radius 2 is 1.84 bits per heavy atom. The van der Waals surface area contributed by atoms with Gasteiger partial charge in [0, 0.05) is 24.0 Å². The van der Waals surface area contributed by atoms with Gasteiger partial charge in [-0.25, -0.2) is 14.7 Å². The van der Waals surface area contributed by atoms with Gasteiger partial charge in [0.05, 0.1) is 30.8 Å². The number of aliphatic imine (C=N–C) groups is 1. The van der Waals surface area contributed by atoms with Crippen LogP contribution in [0.3, 0.4) is 0 Å². The molecule has 3 rings (SSSR count). The Bertz CT molecular complexity index is 1230. The average Bonchev–Trinajstić information content (AvgIpc) is 3.30. The molecule has 0 saturated heterocycles. The van der Waals surface area contributed by atoms with E-state index in [1.54, 1.807) is 26.0 Å². The van der Waals surface area contributed by atoms with Crippen LogP contribution in [0.2, 0.25) is 5.02 Å². The maximum absolute atomic E-state index is 13.1. The fourth-order valence-corrected chi connectivity index (χ4v) is 5.37. The quantitative estimate of drug-likeness (QED) is 0.308. The third-order valence-electron chi connectivity index (χ3n) is 6.15. The van der Waals surface area contributed by atoms with Gasteiger partial charge in [-0.1, -0.05) is 67.9 Å². The standard InChI is InChI=1S/C25H33ClN6O4S/c1-4-31(5-2)37(35,36)30-25(28-15-21(17(3)33)24(27)34)32-16-22(18-9-7-6-8-10-18)23(29-32)19-11-13-20(26)14-12-19/h6-14,17,21-22,33H,4-5,15-16H2,1-3H3,(H2,27,34)(H,28,30). The Morgan fingerprint density at radius 3 is 2.38 bits per heavy atom. The van der Waals surface area contributed by atoms with Gasteiger partial charge in [0.15, 0.2) is 0 Å². The number of benzene rings is 2. The van der Waals surface area contributed by atoms with Gasteiger partial charge < -0.3 is 10.8 Å². The molecule has 1 amide bonds. The van der Waals surface area contributed by atoms with Crippen LogP contribution in [0.25, 0.3) is 0 Å². The molecule has 0 aliphatic carbocycles. The number of guanidine groups is 1. The number of carbonyl (C=O) groups is 1. The van der Waals surface area contributed by atoms with Crippen molar-refractivity contribution in [1.29, 1.82) is 0 Å². The number of aliphatic hydroxyl groups excluding tert-OH is 1. The molecule has 2 aromatic carbocycles. The van der Waals surface area contributed by atoms with E-state index < -0.39 is 28.1 Å². The summed E-state index contributed by atoms with van der Waals surface area (Å²) in [7, 11) is -3.97. The number of nitrogens with one attached hydrogen (secondary N) is 1. The molecular formula is C25H33ClN6O4S. The summed E-state index contributed by atoms with van der Waals surface area (Å²) in [6, 6.07) is 17.0. The predicted molar refractivity (Wildman–Crippen MR) is 146 cm³/mol. The van der Waals surface area contributed by atoms with Crippen molar-refractivity contribution < 1.29 is 18.3 Å². The molecule has 0 saturated carbocycles. The van der Waals surface area contributed by atoms with Gasteiger partial charge in [0.25, 0.3) is 0 Å². The Hall–Kier alpha value is -2.99. The SMILES string of the molecule is CCN(CC)S(=O)(=O)NC(=NCC(C(N)=O)C(C)O)N1CC(c2ccccc2)C(c2ccc(Cl)cc2)=N1. The number of hydrogen-bond donors (Lipinski definition) is 3. The number of nitrogens with two attached hydrogens (primary N) is 1. The summed E-state index contributed by atoms with van der Waals surface area (Å²) >= 11 is 6.09. The second-order valence-electron chi connectivity index (χ2n) is 8.64. The molecule has 10 nitrogen and oxygen atoms in total. The summed E-state index contributed by atoms with van der Waals surface area (Å²) in [6.45, 7) is 5.47. The van der Waals surface area contributed by atoms with E-state index in [-0.39, 0.29) is 38.1 Å². The minimum absolute atomic E-state index is 0.0660. The van der Waals surface area contributed by atoms with Crippen LogP contribution in [0.1, 0.15) is 37.8 Å². The van der Waals surface area contributed by atoms with Crippen LogP contribution in [0, 0.1) is 5.92 Å². The number of amides is 1. The monoisotopic (exact) mass is 548 g/mol. The highest BCUT2D eigenvalue weighted by Crippen LogP contribution is 2.29. The van der Waals surface area contributed by atoms with Gasteiger partial charge in [-0.3, -0.25) is 4.79 Å². The van der Waals surface area contributed by atoms with Crippen LogP contribution in [0.5, 0.6) is 0 Å². The molecule has 0 fully saturated rings. The van der Waals surface area contributed by atoms with E-state index in [1.807, 2.05) is 42.5 Å². The average molecular weight is 549 g/mol. The molecule has 3 unspecified atom stereocenters. The Morgan fingerprint density at radius 1 is 1.22 bits per heavy atom. The lowest BCUT2D eigenvalue weighted by atomic mass is 9.91. The van der Waals surface area contributed by atoms with E-state index in [0.29, 0.717) is 10.7 Å². The van der Waals surface area contributed by atoms with Crippen molar-refractivity contribution in [1.82, 2.24) is 14.0 Å². The second kappa shape index (κ2) is 12.5. The fraction of sp³-hybridized carbons (Fsp3) is 0.400. The number of carbonyl (C=O) groups excluding carboxylic acids is 1. The molecule has 1 aliphatic heterocycles. The zero-order valence-electron chi connectivity index (χ0n) is 21.1. The van der Waals surface area contributed by atoms with Crippen LogP contribution in [0.4, 0.5) is 0 Å². The highest BCUT2D eigenvalue weighted by Gasteiger charge is 2.34. The minimum atomic E-state index is -3.97. The first kappa shape index (κ1) is 28.6. The summed E-state index contributed by atoms with van der Waals surface area (Å²) < 4.78 is 30.0. The predicted octanol–water partition coefficient (Wildman–Crippen LogP) is 2.16. The van der Waals surface area contributed by atoms with Crippen molar-refractivity contribution in [2.45, 2.75) is 32.8 Å². The number of halogens is 1. The smallest absolute Gasteiger partial charge is 0.303 e. The molecule has 200 valence electrons. The molecule has 1 aliphatic rings. The molecule has 3 atom stereocenters. The summed E-state index contributed by atoms with van der Waals surface area (Å²) in [4.78, 5) is 16.2. The first-order chi connectivity index (χ1) is 17.6.